The Bertz CT molecular complexity index is 763. The number of hydrogen-bond donors (Lipinski definition) is 1. The molecule has 0 radical (unpaired) electrons. The van der Waals surface area contributed by atoms with E-state index in [1.54, 1.807) is 31.3 Å². The molecule has 1 N–H and O–H groups in total. The van der Waals surface area contributed by atoms with E-state index in [9.17, 15) is 9.18 Å². The van der Waals surface area contributed by atoms with E-state index in [1.165, 1.54) is 31.3 Å². The van der Waals surface area contributed by atoms with Crippen molar-refractivity contribution >= 4 is 11.6 Å². The highest BCUT2D eigenvalue weighted by molar-refractivity contribution is 6.02. The molecule has 0 spiro atoms. The maximum Gasteiger partial charge on any atom is 0.257 e. The number of carbonyl (C=O) groups excluding carboxylic acids is 1. The minimum atomic E-state index is -0.455. The molecule has 2 aromatic rings. The molecule has 1 heterocycles. The number of benzene rings is 2. The summed E-state index contributed by atoms with van der Waals surface area (Å²) in [6.45, 7) is 0. The summed E-state index contributed by atoms with van der Waals surface area (Å²) in [5, 5.41) is 3.25. The van der Waals surface area contributed by atoms with Gasteiger partial charge in [0.1, 0.15) is 12.0 Å². The van der Waals surface area contributed by atoms with Crippen molar-refractivity contribution in [2.24, 2.45) is 0 Å². The van der Waals surface area contributed by atoms with Crippen LogP contribution in [0.4, 0.5) is 10.1 Å². The monoisotopic (exact) mass is 316 g/mol. The Kier molecular flexibility index (Phi) is 3.82. The Labute approximate surface area is 133 Å². The number of nitrogens with one attached hydrogen (secondary N) is 1. The predicted octanol–water partition coefficient (Wildman–Crippen LogP) is 3.04. The lowest BCUT2D eigenvalue weighted by atomic mass is 10.0. The summed E-state index contributed by atoms with van der Waals surface area (Å²) >= 11 is 0. The third kappa shape index (κ3) is 2.56. The summed E-state index contributed by atoms with van der Waals surface area (Å²) in [6, 6.07) is 9.53. The van der Waals surface area contributed by atoms with Crippen molar-refractivity contribution in [3.05, 3.63) is 53.3 Å². The number of halogens is 1. The van der Waals surface area contributed by atoms with Crippen molar-refractivity contribution in [1.82, 2.24) is 4.90 Å². The van der Waals surface area contributed by atoms with E-state index in [-0.39, 0.29) is 11.7 Å². The second-order valence-electron chi connectivity index (χ2n) is 5.27. The van der Waals surface area contributed by atoms with E-state index in [4.69, 9.17) is 9.47 Å². The van der Waals surface area contributed by atoms with Gasteiger partial charge in [-0.25, -0.2) is 4.39 Å². The first-order chi connectivity index (χ1) is 11.0. The number of carbonyl (C=O) groups is 1. The molecule has 1 aliphatic rings. The molecule has 0 bridgehead atoms. The van der Waals surface area contributed by atoms with Crippen molar-refractivity contribution < 1.29 is 18.7 Å². The van der Waals surface area contributed by atoms with Gasteiger partial charge in [0.2, 0.25) is 0 Å². The minimum absolute atomic E-state index is 0.172. The van der Waals surface area contributed by atoms with Crippen molar-refractivity contribution in [1.29, 1.82) is 0 Å². The van der Waals surface area contributed by atoms with Gasteiger partial charge in [-0.2, -0.15) is 0 Å². The number of amides is 1. The van der Waals surface area contributed by atoms with Gasteiger partial charge in [-0.3, -0.25) is 4.79 Å². The maximum atomic E-state index is 13.5. The molecule has 2 aromatic carbocycles. The highest BCUT2D eigenvalue weighted by Crippen LogP contribution is 2.39. The van der Waals surface area contributed by atoms with E-state index >= 15 is 0 Å². The highest BCUT2D eigenvalue weighted by atomic mass is 19.1. The molecule has 3 rings (SSSR count). The van der Waals surface area contributed by atoms with Crippen molar-refractivity contribution in [2.75, 3.05) is 26.6 Å². The smallest absolute Gasteiger partial charge is 0.257 e. The molecular weight excluding hydrogens is 299 g/mol. The van der Waals surface area contributed by atoms with E-state index in [0.717, 1.165) is 0 Å². The molecule has 0 saturated heterocycles. The number of rotatable bonds is 3. The van der Waals surface area contributed by atoms with E-state index in [2.05, 4.69) is 5.32 Å². The number of anilines is 1. The lowest BCUT2D eigenvalue weighted by molar-refractivity contribution is 0.0734. The summed E-state index contributed by atoms with van der Waals surface area (Å²) in [7, 11) is 4.72. The predicted molar refractivity (Wildman–Crippen MR) is 84.4 cm³/mol. The fourth-order valence-corrected chi connectivity index (χ4v) is 2.71. The Hall–Kier alpha value is -2.76. The van der Waals surface area contributed by atoms with E-state index < -0.39 is 6.17 Å². The number of fused-ring (bicyclic) bond motifs is 1. The molecule has 120 valence electrons. The van der Waals surface area contributed by atoms with Crippen LogP contribution < -0.4 is 14.8 Å². The number of methoxy groups -OCH3 is 2. The average Bonchev–Trinajstić information content (AvgIpc) is 2.57. The number of hydrogen-bond acceptors (Lipinski definition) is 4. The molecule has 1 unspecified atom stereocenters. The molecule has 23 heavy (non-hydrogen) atoms. The molecule has 6 heteroatoms. The van der Waals surface area contributed by atoms with Gasteiger partial charge in [0, 0.05) is 13.1 Å². The largest absolute Gasteiger partial charge is 0.493 e. The molecule has 1 amide bonds. The van der Waals surface area contributed by atoms with Gasteiger partial charge in [0.25, 0.3) is 5.91 Å². The SMILES string of the molecule is COc1cc2c(cc1OC)C(=O)N(C)C(c1cccc(F)c1)N2. The molecule has 1 aliphatic heterocycles. The standard InChI is InChI=1S/C17H17FN2O3/c1-20-16(10-5-4-6-11(18)7-10)19-13-9-15(23-3)14(22-2)8-12(13)17(20)21/h4-9,16,19H,1-3H3. The second kappa shape index (κ2) is 5.79. The first-order valence-corrected chi connectivity index (χ1v) is 7.10. The molecule has 5 nitrogen and oxygen atoms in total. The zero-order chi connectivity index (χ0) is 16.6. The van der Waals surface area contributed by atoms with Gasteiger partial charge in [-0.05, 0) is 23.8 Å². The van der Waals surface area contributed by atoms with Crippen LogP contribution in [-0.2, 0) is 0 Å². The van der Waals surface area contributed by atoms with E-state index in [0.29, 0.717) is 28.3 Å². The molecule has 1 atom stereocenters. The highest BCUT2D eigenvalue weighted by Gasteiger charge is 2.31. The molecule has 0 fully saturated rings. The van der Waals surface area contributed by atoms with Crippen LogP contribution >= 0.6 is 0 Å². The maximum absolute atomic E-state index is 13.5. The molecule has 0 aromatic heterocycles. The molecular formula is C17H17FN2O3. The third-order valence-electron chi connectivity index (χ3n) is 3.92. The van der Waals surface area contributed by atoms with Crippen molar-refractivity contribution in [2.45, 2.75) is 6.17 Å². The Balaban J connectivity index is 2.06. The zero-order valence-electron chi connectivity index (χ0n) is 13.1. The quantitative estimate of drug-likeness (QED) is 0.945. The zero-order valence-corrected chi connectivity index (χ0v) is 13.1. The van der Waals surface area contributed by atoms with Crippen LogP contribution in [-0.4, -0.2) is 32.1 Å². The van der Waals surface area contributed by atoms with Crippen LogP contribution in [0.5, 0.6) is 11.5 Å². The normalized spacial score (nSPS) is 16.6. The molecule has 0 aliphatic carbocycles. The van der Waals surface area contributed by atoms with E-state index in [1.807, 2.05) is 0 Å². The van der Waals surface area contributed by atoms with Crippen LogP contribution in [0.2, 0.25) is 0 Å². The third-order valence-corrected chi connectivity index (χ3v) is 3.92. The van der Waals surface area contributed by atoms with Crippen LogP contribution in [0.3, 0.4) is 0 Å². The van der Waals surface area contributed by atoms with Gasteiger partial charge in [-0.15, -0.1) is 0 Å². The van der Waals surface area contributed by atoms with Gasteiger partial charge >= 0.3 is 0 Å². The summed E-state index contributed by atoms with van der Waals surface area (Å²) in [5.74, 6) is 0.491. The van der Waals surface area contributed by atoms with Crippen LogP contribution in [0.15, 0.2) is 36.4 Å². The number of nitrogens with zero attached hydrogens (tertiary/aromatic N) is 1. The first-order valence-electron chi connectivity index (χ1n) is 7.10. The Morgan fingerprint density at radius 3 is 2.48 bits per heavy atom. The fourth-order valence-electron chi connectivity index (χ4n) is 2.71. The Morgan fingerprint density at radius 2 is 1.83 bits per heavy atom. The first kappa shape index (κ1) is 15.1. The molecule has 0 saturated carbocycles. The summed E-state index contributed by atoms with van der Waals surface area (Å²) in [6.07, 6.45) is -0.455. The van der Waals surface area contributed by atoms with Crippen molar-refractivity contribution in [3.63, 3.8) is 0 Å². The van der Waals surface area contributed by atoms with Gasteiger partial charge in [-0.1, -0.05) is 12.1 Å². The second-order valence-corrected chi connectivity index (χ2v) is 5.27. The number of ether oxygens (including phenoxy) is 2. The minimum Gasteiger partial charge on any atom is -0.493 e. The topological polar surface area (TPSA) is 50.8 Å². The van der Waals surface area contributed by atoms with Crippen LogP contribution in [0, 0.1) is 5.82 Å². The van der Waals surface area contributed by atoms with Gasteiger partial charge in [0.15, 0.2) is 11.5 Å². The van der Waals surface area contributed by atoms with Crippen LogP contribution in [0.25, 0.3) is 0 Å². The lowest BCUT2D eigenvalue weighted by Gasteiger charge is -2.36. The van der Waals surface area contributed by atoms with Crippen molar-refractivity contribution in [3.8, 4) is 11.5 Å². The summed E-state index contributed by atoms with van der Waals surface area (Å²) in [4.78, 5) is 14.2. The summed E-state index contributed by atoms with van der Waals surface area (Å²) in [5.41, 5.74) is 1.78. The fraction of sp³-hybridized carbons (Fsp3) is 0.235. The van der Waals surface area contributed by atoms with Gasteiger partial charge < -0.3 is 19.7 Å². The van der Waals surface area contributed by atoms with Gasteiger partial charge in [0.05, 0.1) is 25.5 Å². The lowest BCUT2D eigenvalue weighted by Crippen LogP contribution is -2.40. The average molecular weight is 316 g/mol. The van der Waals surface area contributed by atoms with Crippen LogP contribution in [0.1, 0.15) is 22.1 Å². The Morgan fingerprint density at radius 1 is 1.13 bits per heavy atom. The summed E-state index contributed by atoms with van der Waals surface area (Å²) < 4.78 is 24.0.